The van der Waals surface area contributed by atoms with Crippen LogP contribution in [0.5, 0.6) is 0 Å². The quantitative estimate of drug-likeness (QED) is 0.534. The van der Waals surface area contributed by atoms with Gasteiger partial charge in [-0.2, -0.15) is 61.5 Å². The van der Waals surface area contributed by atoms with E-state index >= 15 is 0 Å². The largest absolute Gasteiger partial charge is 0.439 e. The van der Waals surface area contributed by atoms with E-state index in [1.54, 1.807) is 4.74 Å². The van der Waals surface area contributed by atoms with Gasteiger partial charge in [0.15, 0.2) is 0 Å². The molecule has 2 nitrogen and oxygen atoms in total. The maximum absolute atomic E-state index is 13.0. The van der Waals surface area contributed by atoms with Crippen LogP contribution >= 0.6 is 0 Å². The minimum absolute atomic E-state index is 1.71. The molecular formula is C7F14NO. The van der Waals surface area contributed by atoms with Gasteiger partial charge in [0.25, 0.3) is 0 Å². The molecule has 0 aromatic rings. The molecule has 0 aliphatic carbocycles. The van der Waals surface area contributed by atoms with E-state index < -0.39 is 47.6 Å². The Morgan fingerprint density at radius 2 is 1.00 bits per heavy atom. The molecule has 0 bridgehead atoms. The van der Waals surface area contributed by atoms with Gasteiger partial charge in [-0.3, -0.25) is 0 Å². The van der Waals surface area contributed by atoms with Crippen molar-refractivity contribution in [3.63, 3.8) is 0 Å². The minimum atomic E-state index is -7.56. The van der Waals surface area contributed by atoms with E-state index in [0.29, 0.717) is 0 Å². The molecule has 0 N–H and O–H groups in total. The number of halogens is 14. The van der Waals surface area contributed by atoms with Gasteiger partial charge in [0, 0.05) is 0 Å². The van der Waals surface area contributed by atoms with Crippen LogP contribution < -0.4 is 0 Å². The van der Waals surface area contributed by atoms with Crippen molar-refractivity contribution in [2.75, 3.05) is 0 Å². The highest BCUT2D eigenvalue weighted by molar-refractivity contribution is 5.05. The van der Waals surface area contributed by atoms with Gasteiger partial charge in [-0.1, -0.05) is 4.90 Å². The molecule has 1 radical (unpaired) electrons. The van der Waals surface area contributed by atoms with Crippen molar-refractivity contribution in [3.05, 3.63) is 6.43 Å². The maximum atomic E-state index is 13.0. The van der Waals surface area contributed by atoms with Gasteiger partial charge in [0.2, 0.25) is 0 Å². The third-order valence-corrected chi connectivity index (χ3v) is 2.41. The predicted octanol–water partition coefficient (Wildman–Crippen LogP) is 4.35. The number of ether oxygens (including phenoxy) is 1. The zero-order valence-electron chi connectivity index (χ0n) is 9.65. The zero-order chi connectivity index (χ0) is 18.9. The summed E-state index contributed by atoms with van der Waals surface area (Å²) in [6.07, 6.45) is -18.5. The van der Waals surface area contributed by atoms with Crippen LogP contribution in [0.4, 0.5) is 61.5 Å². The Labute approximate surface area is 115 Å². The van der Waals surface area contributed by atoms with E-state index in [1.165, 1.54) is 0 Å². The van der Waals surface area contributed by atoms with Crippen LogP contribution in [0.25, 0.3) is 0 Å². The van der Waals surface area contributed by atoms with Crippen LogP contribution in [-0.4, -0.2) is 41.2 Å². The molecule has 1 aliphatic heterocycles. The zero-order valence-corrected chi connectivity index (χ0v) is 9.65. The normalized spacial score (nSPS) is 27.3. The third-order valence-electron chi connectivity index (χ3n) is 2.41. The van der Waals surface area contributed by atoms with Crippen molar-refractivity contribution in [3.8, 4) is 0 Å². The summed E-state index contributed by atoms with van der Waals surface area (Å²) >= 11 is 0. The van der Waals surface area contributed by atoms with E-state index in [-0.39, 0.29) is 0 Å². The third kappa shape index (κ3) is 2.40. The molecule has 0 atom stereocenters. The van der Waals surface area contributed by atoms with Crippen LogP contribution in [0.15, 0.2) is 0 Å². The number of morpholine rings is 1. The van der Waals surface area contributed by atoms with Gasteiger partial charge in [0.05, 0.1) is 0 Å². The first-order valence-electron chi connectivity index (χ1n) is 4.72. The number of alkyl halides is 12. The Bertz CT molecular complexity index is 446. The molecule has 0 unspecified atom stereocenters. The first kappa shape index (κ1) is 20.0. The number of rotatable bonds is 3. The van der Waals surface area contributed by atoms with Gasteiger partial charge in [0.1, 0.15) is 0 Å². The van der Waals surface area contributed by atoms with Crippen molar-refractivity contribution >= 4 is 0 Å². The summed E-state index contributed by atoms with van der Waals surface area (Å²) in [4.78, 5) is -3.99. The van der Waals surface area contributed by atoms with Gasteiger partial charge in [-0.05, 0) is 0 Å². The fourth-order valence-electron chi connectivity index (χ4n) is 1.33. The predicted molar refractivity (Wildman–Crippen MR) is 38.1 cm³/mol. The van der Waals surface area contributed by atoms with Crippen molar-refractivity contribution < 1.29 is 66.2 Å². The topological polar surface area (TPSA) is 12.5 Å². The second-order valence-corrected chi connectivity index (χ2v) is 3.93. The van der Waals surface area contributed by atoms with Crippen LogP contribution in [0.3, 0.4) is 0 Å². The summed E-state index contributed by atoms with van der Waals surface area (Å²) in [6, 6.07) is -22.0. The summed E-state index contributed by atoms with van der Waals surface area (Å²) < 4.78 is 178. The highest BCUT2D eigenvalue weighted by atomic mass is 19.4. The summed E-state index contributed by atoms with van der Waals surface area (Å²) in [5.41, 5.74) is 0. The van der Waals surface area contributed by atoms with Gasteiger partial charge < -0.3 is 0 Å². The van der Waals surface area contributed by atoms with Crippen molar-refractivity contribution in [2.24, 2.45) is 0 Å². The van der Waals surface area contributed by atoms with Gasteiger partial charge >= 0.3 is 42.7 Å². The van der Waals surface area contributed by atoms with Crippen LogP contribution in [0.1, 0.15) is 0 Å². The molecule has 23 heavy (non-hydrogen) atoms. The van der Waals surface area contributed by atoms with E-state index in [9.17, 15) is 61.5 Å². The molecule has 0 aromatic heterocycles. The average Bonchev–Trinajstić information content (AvgIpc) is 2.23. The molecule has 1 saturated heterocycles. The van der Waals surface area contributed by atoms with Gasteiger partial charge in [-0.15, -0.1) is 0 Å². The van der Waals surface area contributed by atoms with Crippen LogP contribution in [0.2, 0.25) is 0 Å². The van der Waals surface area contributed by atoms with E-state index in [4.69, 9.17) is 0 Å². The highest BCUT2D eigenvalue weighted by Crippen LogP contribution is 2.61. The number of hydrogen-bond acceptors (Lipinski definition) is 2. The maximum Gasteiger partial charge on any atom is 0.439 e. The SMILES string of the molecule is F[C](F)C(F)(F)C(F)(F)N1C(F)(F)C(F)(F)OC(F)(F)C1(F)F. The highest BCUT2D eigenvalue weighted by Gasteiger charge is 2.90. The summed E-state index contributed by atoms with van der Waals surface area (Å²) in [7, 11) is 0. The first-order chi connectivity index (χ1) is 9.77. The second-order valence-electron chi connectivity index (χ2n) is 3.93. The Kier molecular flexibility index (Phi) is 4.11. The fraction of sp³-hybridized carbons (Fsp3) is 0.857. The van der Waals surface area contributed by atoms with E-state index in [0.717, 1.165) is 0 Å². The first-order valence-corrected chi connectivity index (χ1v) is 4.72. The monoisotopic (exact) mass is 380 g/mol. The molecule has 0 amide bonds. The summed E-state index contributed by atoms with van der Waals surface area (Å²) in [6.45, 7) is 0. The number of nitrogens with zero attached hydrogens (tertiary/aromatic N) is 1. The molecule has 1 fully saturated rings. The number of hydrogen-bond donors (Lipinski definition) is 0. The Morgan fingerprint density at radius 1 is 0.696 bits per heavy atom. The molecular weight excluding hydrogens is 380 g/mol. The Balaban J connectivity index is 3.67. The van der Waals surface area contributed by atoms with Gasteiger partial charge in [-0.25, -0.2) is 4.74 Å². The average molecular weight is 380 g/mol. The lowest BCUT2D eigenvalue weighted by molar-refractivity contribution is -0.593. The molecule has 0 aromatic carbocycles. The molecule has 0 spiro atoms. The minimum Gasteiger partial charge on any atom is -0.243 e. The lowest BCUT2D eigenvalue weighted by Gasteiger charge is -2.50. The lowest BCUT2D eigenvalue weighted by Crippen LogP contribution is -2.80. The fourth-order valence-corrected chi connectivity index (χ4v) is 1.33. The van der Waals surface area contributed by atoms with Crippen LogP contribution in [-0.2, 0) is 4.74 Å². The molecule has 137 valence electrons. The molecule has 16 heteroatoms. The smallest absolute Gasteiger partial charge is 0.243 e. The standard InChI is InChI=1S/C7F14NO/c8-1(9)2(10,11)3(12,13)22-4(14,15)6(18,19)23-7(20,21)5(22,16)17. The summed E-state index contributed by atoms with van der Waals surface area (Å²) in [5, 5.41) is 0. The van der Waals surface area contributed by atoms with Crippen molar-refractivity contribution in [1.29, 1.82) is 0 Å². The summed E-state index contributed by atoms with van der Waals surface area (Å²) in [5.74, 6) is -7.20. The van der Waals surface area contributed by atoms with E-state index in [1.807, 2.05) is 0 Å². The second kappa shape index (κ2) is 4.73. The van der Waals surface area contributed by atoms with Crippen LogP contribution in [0, 0.1) is 6.43 Å². The molecule has 1 heterocycles. The molecule has 1 aliphatic rings. The Morgan fingerprint density at radius 3 is 1.26 bits per heavy atom. The Hall–Kier alpha value is -1.06. The van der Waals surface area contributed by atoms with E-state index in [2.05, 4.69) is 0 Å². The van der Waals surface area contributed by atoms with Crippen molar-refractivity contribution in [2.45, 2.75) is 36.3 Å². The molecule has 0 saturated carbocycles. The molecule has 1 rings (SSSR count). The van der Waals surface area contributed by atoms with Crippen molar-refractivity contribution in [1.82, 2.24) is 4.90 Å². The lowest BCUT2D eigenvalue weighted by atomic mass is 10.2.